The number of aromatic nitrogens is 2. The standard InChI is InChI=1S/C15H19N3O3/c1-2-20-15(19)6-5-13-9-17-10-14(18-13)21-11-12-4-3-7-16-8-12/h9-10,12,16H,2-4,7-8,11H2,1H3. The normalized spacial score (nSPS) is 17.5. The van der Waals surface area contributed by atoms with E-state index in [1.807, 2.05) is 0 Å². The molecule has 0 bridgehead atoms. The largest absolute Gasteiger partial charge is 0.476 e. The molecule has 0 radical (unpaired) electrons. The molecule has 1 aromatic rings. The van der Waals surface area contributed by atoms with Crippen LogP contribution in [0, 0.1) is 17.8 Å². The van der Waals surface area contributed by atoms with E-state index in [1.54, 1.807) is 13.1 Å². The van der Waals surface area contributed by atoms with Gasteiger partial charge < -0.3 is 14.8 Å². The summed E-state index contributed by atoms with van der Waals surface area (Å²) in [5.41, 5.74) is 0.391. The number of rotatable bonds is 4. The maximum Gasteiger partial charge on any atom is 0.384 e. The molecule has 1 unspecified atom stereocenters. The Morgan fingerprint density at radius 1 is 1.52 bits per heavy atom. The van der Waals surface area contributed by atoms with E-state index in [1.165, 1.54) is 12.6 Å². The molecule has 1 saturated heterocycles. The van der Waals surface area contributed by atoms with E-state index in [0.717, 1.165) is 19.5 Å². The topological polar surface area (TPSA) is 73.3 Å². The van der Waals surface area contributed by atoms with Crippen molar-refractivity contribution in [1.82, 2.24) is 15.3 Å². The zero-order chi connectivity index (χ0) is 14.9. The zero-order valence-corrected chi connectivity index (χ0v) is 12.1. The molecule has 21 heavy (non-hydrogen) atoms. The van der Waals surface area contributed by atoms with Crippen LogP contribution in [0.15, 0.2) is 12.4 Å². The molecule has 1 aliphatic rings. The predicted octanol–water partition coefficient (Wildman–Crippen LogP) is 0.770. The number of nitrogens with zero attached hydrogens (tertiary/aromatic N) is 2. The van der Waals surface area contributed by atoms with Crippen molar-refractivity contribution in [2.45, 2.75) is 19.8 Å². The van der Waals surface area contributed by atoms with E-state index in [0.29, 0.717) is 30.7 Å². The second-order valence-corrected chi connectivity index (χ2v) is 4.74. The number of esters is 1. The fourth-order valence-corrected chi connectivity index (χ4v) is 2.03. The Morgan fingerprint density at radius 3 is 3.19 bits per heavy atom. The highest BCUT2D eigenvalue weighted by atomic mass is 16.5. The lowest BCUT2D eigenvalue weighted by atomic mass is 10.0. The van der Waals surface area contributed by atoms with Gasteiger partial charge in [-0.05, 0) is 32.2 Å². The van der Waals surface area contributed by atoms with E-state index in [-0.39, 0.29) is 0 Å². The smallest absolute Gasteiger partial charge is 0.384 e. The van der Waals surface area contributed by atoms with Gasteiger partial charge in [0, 0.05) is 18.4 Å². The van der Waals surface area contributed by atoms with Crippen molar-refractivity contribution in [2.24, 2.45) is 5.92 Å². The van der Waals surface area contributed by atoms with Gasteiger partial charge in [0.1, 0.15) is 5.69 Å². The number of hydrogen-bond acceptors (Lipinski definition) is 6. The van der Waals surface area contributed by atoms with Crippen LogP contribution in [0.4, 0.5) is 0 Å². The van der Waals surface area contributed by atoms with Crippen molar-refractivity contribution >= 4 is 5.97 Å². The Hall–Kier alpha value is -2.13. The average Bonchev–Trinajstić information content (AvgIpc) is 2.53. The molecule has 1 atom stereocenters. The molecule has 1 aliphatic heterocycles. The number of carbonyl (C=O) groups excluding carboxylic acids is 1. The van der Waals surface area contributed by atoms with Gasteiger partial charge in [-0.3, -0.25) is 4.98 Å². The van der Waals surface area contributed by atoms with E-state index in [4.69, 9.17) is 9.47 Å². The summed E-state index contributed by atoms with van der Waals surface area (Å²) in [6, 6.07) is 0. The minimum Gasteiger partial charge on any atom is -0.476 e. The SMILES string of the molecule is CCOC(=O)C#Cc1cncc(OCC2CCCNC2)n1. The molecule has 1 N–H and O–H groups in total. The van der Waals surface area contributed by atoms with E-state index >= 15 is 0 Å². The van der Waals surface area contributed by atoms with E-state index in [9.17, 15) is 4.79 Å². The van der Waals surface area contributed by atoms with Crippen LogP contribution in [0.2, 0.25) is 0 Å². The van der Waals surface area contributed by atoms with Gasteiger partial charge in [-0.2, -0.15) is 0 Å². The molecule has 2 heterocycles. The highest BCUT2D eigenvalue weighted by Crippen LogP contribution is 2.12. The van der Waals surface area contributed by atoms with Crippen molar-refractivity contribution in [1.29, 1.82) is 0 Å². The van der Waals surface area contributed by atoms with Crippen molar-refractivity contribution in [3.05, 3.63) is 18.1 Å². The summed E-state index contributed by atoms with van der Waals surface area (Å²) in [6.07, 6.45) is 5.36. The quantitative estimate of drug-likeness (QED) is 0.652. The molecule has 6 nitrogen and oxygen atoms in total. The van der Waals surface area contributed by atoms with Crippen LogP contribution in [0.5, 0.6) is 5.88 Å². The average molecular weight is 289 g/mol. The van der Waals surface area contributed by atoms with Gasteiger partial charge in [0.05, 0.1) is 25.6 Å². The molecular formula is C15H19N3O3. The number of piperidine rings is 1. The number of ether oxygens (including phenoxy) is 2. The van der Waals surface area contributed by atoms with Crippen molar-refractivity contribution in [3.8, 4) is 17.7 Å². The van der Waals surface area contributed by atoms with Crippen LogP contribution in [0.3, 0.4) is 0 Å². The zero-order valence-electron chi connectivity index (χ0n) is 12.1. The Bertz CT molecular complexity index is 530. The lowest BCUT2D eigenvalue weighted by Gasteiger charge is -2.22. The molecule has 0 aromatic carbocycles. The van der Waals surface area contributed by atoms with Gasteiger partial charge in [0.15, 0.2) is 0 Å². The first-order valence-electron chi connectivity index (χ1n) is 7.12. The Labute approximate surface area is 124 Å². The summed E-state index contributed by atoms with van der Waals surface area (Å²) in [6.45, 7) is 4.69. The second kappa shape index (κ2) is 8.22. The van der Waals surface area contributed by atoms with E-state index in [2.05, 4.69) is 27.1 Å². The summed E-state index contributed by atoms with van der Waals surface area (Å²) >= 11 is 0. The maximum atomic E-state index is 11.2. The minimum atomic E-state index is -0.570. The molecule has 0 amide bonds. The molecule has 0 saturated carbocycles. The van der Waals surface area contributed by atoms with Crippen LogP contribution in [-0.4, -0.2) is 42.2 Å². The first kappa shape index (κ1) is 15.3. The summed E-state index contributed by atoms with van der Waals surface area (Å²) in [4.78, 5) is 19.4. The maximum absolute atomic E-state index is 11.2. The number of nitrogens with one attached hydrogen (secondary N) is 1. The van der Waals surface area contributed by atoms with Crippen LogP contribution in [0.25, 0.3) is 0 Å². The Balaban J connectivity index is 1.89. The monoisotopic (exact) mass is 289 g/mol. The number of carbonyl (C=O) groups is 1. The molecule has 0 aliphatic carbocycles. The molecule has 2 rings (SSSR count). The third kappa shape index (κ3) is 5.40. The van der Waals surface area contributed by atoms with Crippen molar-refractivity contribution in [3.63, 3.8) is 0 Å². The molecule has 1 fully saturated rings. The summed E-state index contributed by atoms with van der Waals surface area (Å²) in [5, 5.41) is 3.34. The van der Waals surface area contributed by atoms with E-state index < -0.39 is 5.97 Å². The predicted molar refractivity (Wildman–Crippen MR) is 76.6 cm³/mol. The van der Waals surface area contributed by atoms with Gasteiger partial charge in [0.2, 0.25) is 5.88 Å². The minimum absolute atomic E-state index is 0.303. The van der Waals surface area contributed by atoms with Gasteiger partial charge in [0.25, 0.3) is 0 Å². The molecule has 1 aromatic heterocycles. The molecule has 0 spiro atoms. The number of hydrogen-bond donors (Lipinski definition) is 1. The fraction of sp³-hybridized carbons (Fsp3) is 0.533. The van der Waals surface area contributed by atoms with Gasteiger partial charge in [-0.15, -0.1) is 0 Å². The lowest BCUT2D eigenvalue weighted by molar-refractivity contribution is -0.136. The molecular weight excluding hydrogens is 270 g/mol. The van der Waals surface area contributed by atoms with Crippen molar-refractivity contribution < 1.29 is 14.3 Å². The van der Waals surface area contributed by atoms with Crippen LogP contribution >= 0.6 is 0 Å². The first-order valence-corrected chi connectivity index (χ1v) is 7.12. The third-order valence-electron chi connectivity index (χ3n) is 3.05. The van der Waals surface area contributed by atoms with Crippen LogP contribution in [-0.2, 0) is 9.53 Å². The first-order chi connectivity index (χ1) is 10.3. The highest BCUT2D eigenvalue weighted by Gasteiger charge is 2.13. The van der Waals surface area contributed by atoms with Crippen LogP contribution < -0.4 is 10.1 Å². The summed E-state index contributed by atoms with van der Waals surface area (Å²) in [7, 11) is 0. The third-order valence-corrected chi connectivity index (χ3v) is 3.05. The van der Waals surface area contributed by atoms with Gasteiger partial charge in [-0.25, -0.2) is 9.78 Å². The molecule has 112 valence electrons. The lowest BCUT2D eigenvalue weighted by Crippen LogP contribution is -2.33. The van der Waals surface area contributed by atoms with Crippen LogP contribution in [0.1, 0.15) is 25.5 Å². The van der Waals surface area contributed by atoms with Crippen molar-refractivity contribution in [2.75, 3.05) is 26.3 Å². The highest BCUT2D eigenvalue weighted by molar-refractivity contribution is 5.88. The molecule has 6 heteroatoms. The summed E-state index contributed by atoms with van der Waals surface area (Å²) in [5.74, 6) is 5.32. The second-order valence-electron chi connectivity index (χ2n) is 4.74. The summed E-state index contributed by atoms with van der Waals surface area (Å²) < 4.78 is 10.4. The fourth-order valence-electron chi connectivity index (χ4n) is 2.03. The van der Waals surface area contributed by atoms with Gasteiger partial charge in [-0.1, -0.05) is 0 Å². The Kier molecular flexibility index (Phi) is 5.98. The van der Waals surface area contributed by atoms with Gasteiger partial charge >= 0.3 is 5.97 Å². The Morgan fingerprint density at radius 2 is 2.43 bits per heavy atom.